The molecule has 1 aromatic carbocycles. The maximum Gasteiger partial charge on any atom is 0.321 e. The molecule has 0 amide bonds. The lowest BCUT2D eigenvalue weighted by atomic mass is 10.1. The second-order valence-electron chi connectivity index (χ2n) is 4.66. The molecule has 96 valence electrons. The lowest BCUT2D eigenvalue weighted by Crippen LogP contribution is -2.07. The molecule has 1 heterocycles. The Morgan fingerprint density at radius 1 is 1.39 bits per heavy atom. The van der Waals surface area contributed by atoms with E-state index in [1.807, 2.05) is 6.92 Å². The van der Waals surface area contributed by atoms with Crippen molar-refractivity contribution in [2.45, 2.75) is 20.8 Å². The number of nitrogens with zero attached hydrogens (tertiary/aromatic N) is 2. The van der Waals surface area contributed by atoms with Gasteiger partial charge in [0.25, 0.3) is 0 Å². The van der Waals surface area contributed by atoms with Gasteiger partial charge in [0.1, 0.15) is 5.82 Å². The van der Waals surface area contributed by atoms with E-state index in [-0.39, 0.29) is 5.82 Å². The molecule has 0 aliphatic heterocycles. The van der Waals surface area contributed by atoms with Gasteiger partial charge in [-0.2, -0.15) is 4.98 Å². The van der Waals surface area contributed by atoms with Gasteiger partial charge in [-0.05, 0) is 36.6 Å². The monoisotopic (exact) mass is 249 g/mol. The molecule has 0 saturated heterocycles. The first-order chi connectivity index (χ1) is 8.56. The Balaban J connectivity index is 2.18. The average molecular weight is 249 g/mol. The van der Waals surface area contributed by atoms with Crippen molar-refractivity contribution in [3.05, 3.63) is 29.6 Å². The smallest absolute Gasteiger partial charge is 0.321 e. The molecular weight excluding hydrogens is 233 g/mol. The van der Waals surface area contributed by atoms with Crippen molar-refractivity contribution < 1.29 is 8.91 Å². The van der Waals surface area contributed by atoms with Gasteiger partial charge in [0.2, 0.25) is 5.82 Å². The van der Waals surface area contributed by atoms with E-state index in [0.29, 0.717) is 17.8 Å². The molecule has 1 N–H and O–H groups in total. The van der Waals surface area contributed by atoms with Crippen molar-refractivity contribution in [1.29, 1.82) is 0 Å². The molecule has 0 unspecified atom stereocenters. The Labute approximate surface area is 105 Å². The summed E-state index contributed by atoms with van der Waals surface area (Å²) in [5, 5.41) is 6.93. The van der Waals surface area contributed by atoms with Crippen molar-refractivity contribution >= 4 is 6.01 Å². The Morgan fingerprint density at radius 2 is 2.17 bits per heavy atom. The van der Waals surface area contributed by atoms with Crippen LogP contribution < -0.4 is 5.32 Å². The molecule has 5 heteroatoms. The lowest BCUT2D eigenvalue weighted by molar-refractivity contribution is 0.429. The molecule has 2 aromatic rings. The van der Waals surface area contributed by atoms with E-state index >= 15 is 0 Å². The fourth-order valence-corrected chi connectivity index (χ4v) is 1.57. The Morgan fingerprint density at radius 3 is 2.83 bits per heavy atom. The van der Waals surface area contributed by atoms with Gasteiger partial charge in [0.15, 0.2) is 0 Å². The van der Waals surface area contributed by atoms with Gasteiger partial charge in [-0.25, -0.2) is 4.39 Å². The quantitative estimate of drug-likeness (QED) is 0.903. The minimum atomic E-state index is -0.266. The molecule has 2 rings (SSSR count). The SMILES string of the molecule is Cc1cc(F)ccc1-c1noc(NCC(C)C)n1. The summed E-state index contributed by atoms with van der Waals surface area (Å²) in [5.41, 5.74) is 1.56. The number of anilines is 1. The third-order valence-electron chi connectivity index (χ3n) is 2.52. The highest BCUT2D eigenvalue weighted by Gasteiger charge is 2.11. The zero-order valence-electron chi connectivity index (χ0n) is 10.7. The summed E-state index contributed by atoms with van der Waals surface area (Å²) in [6, 6.07) is 4.89. The molecule has 18 heavy (non-hydrogen) atoms. The van der Waals surface area contributed by atoms with Crippen molar-refractivity contribution in [1.82, 2.24) is 10.1 Å². The predicted octanol–water partition coefficient (Wildman–Crippen LogP) is 3.25. The fourth-order valence-electron chi connectivity index (χ4n) is 1.57. The van der Waals surface area contributed by atoms with Crippen molar-refractivity contribution in [2.75, 3.05) is 11.9 Å². The number of aromatic nitrogens is 2. The summed E-state index contributed by atoms with van der Waals surface area (Å²) in [4.78, 5) is 4.23. The van der Waals surface area contributed by atoms with Gasteiger partial charge in [0, 0.05) is 12.1 Å². The van der Waals surface area contributed by atoms with E-state index in [9.17, 15) is 4.39 Å². The minimum absolute atomic E-state index is 0.266. The van der Waals surface area contributed by atoms with Crippen LogP contribution in [0.2, 0.25) is 0 Å². The number of benzene rings is 1. The minimum Gasteiger partial charge on any atom is -0.337 e. The van der Waals surface area contributed by atoms with Crippen LogP contribution in [0.3, 0.4) is 0 Å². The number of nitrogens with one attached hydrogen (secondary N) is 1. The first-order valence-electron chi connectivity index (χ1n) is 5.90. The fraction of sp³-hybridized carbons (Fsp3) is 0.385. The second kappa shape index (κ2) is 5.16. The molecule has 0 bridgehead atoms. The molecule has 0 saturated carbocycles. The molecule has 0 spiro atoms. The van der Waals surface area contributed by atoms with Crippen LogP contribution in [-0.4, -0.2) is 16.7 Å². The van der Waals surface area contributed by atoms with Gasteiger partial charge in [-0.1, -0.05) is 19.0 Å². The summed E-state index contributed by atoms with van der Waals surface area (Å²) in [6.45, 7) is 6.77. The van der Waals surface area contributed by atoms with E-state index in [4.69, 9.17) is 4.52 Å². The normalized spacial score (nSPS) is 10.9. The van der Waals surface area contributed by atoms with Gasteiger partial charge in [-0.15, -0.1) is 0 Å². The molecule has 0 radical (unpaired) electrons. The molecule has 0 fully saturated rings. The van der Waals surface area contributed by atoms with E-state index in [1.165, 1.54) is 12.1 Å². The number of halogens is 1. The maximum atomic E-state index is 13.0. The van der Waals surface area contributed by atoms with Crippen LogP contribution in [0.15, 0.2) is 22.7 Å². The molecule has 0 aliphatic carbocycles. The highest BCUT2D eigenvalue weighted by atomic mass is 19.1. The highest BCUT2D eigenvalue weighted by Crippen LogP contribution is 2.22. The summed E-state index contributed by atoms with van der Waals surface area (Å²) in [7, 11) is 0. The van der Waals surface area contributed by atoms with E-state index < -0.39 is 0 Å². The standard InChI is InChI=1S/C13H16FN3O/c1-8(2)7-15-13-16-12(17-18-13)11-5-4-10(14)6-9(11)3/h4-6,8H,7H2,1-3H3,(H,15,16,17). The zero-order chi connectivity index (χ0) is 13.1. The van der Waals surface area contributed by atoms with Crippen LogP contribution in [0.5, 0.6) is 0 Å². The van der Waals surface area contributed by atoms with Crippen molar-refractivity contribution in [3.63, 3.8) is 0 Å². The molecule has 4 nitrogen and oxygen atoms in total. The molecule has 1 aromatic heterocycles. The number of hydrogen-bond acceptors (Lipinski definition) is 4. The molecular formula is C13H16FN3O. The van der Waals surface area contributed by atoms with Gasteiger partial charge < -0.3 is 9.84 Å². The third kappa shape index (κ3) is 2.85. The van der Waals surface area contributed by atoms with E-state index in [2.05, 4.69) is 29.3 Å². The summed E-state index contributed by atoms with van der Waals surface area (Å²) >= 11 is 0. The predicted molar refractivity (Wildman–Crippen MR) is 67.8 cm³/mol. The average Bonchev–Trinajstić information content (AvgIpc) is 2.75. The topological polar surface area (TPSA) is 51.0 Å². The van der Waals surface area contributed by atoms with Crippen LogP contribution >= 0.6 is 0 Å². The highest BCUT2D eigenvalue weighted by molar-refractivity contribution is 5.60. The number of aryl methyl sites for hydroxylation is 1. The van der Waals surface area contributed by atoms with Crippen LogP contribution in [-0.2, 0) is 0 Å². The van der Waals surface area contributed by atoms with Gasteiger partial charge in [0.05, 0.1) is 0 Å². The van der Waals surface area contributed by atoms with E-state index in [0.717, 1.165) is 17.7 Å². The maximum absolute atomic E-state index is 13.0. The van der Waals surface area contributed by atoms with Crippen molar-refractivity contribution in [3.8, 4) is 11.4 Å². The van der Waals surface area contributed by atoms with Crippen LogP contribution in [0.1, 0.15) is 19.4 Å². The van der Waals surface area contributed by atoms with Crippen molar-refractivity contribution in [2.24, 2.45) is 5.92 Å². The van der Waals surface area contributed by atoms with Gasteiger partial charge >= 0.3 is 6.01 Å². The molecule has 0 atom stereocenters. The Bertz CT molecular complexity index is 537. The van der Waals surface area contributed by atoms with Crippen LogP contribution in [0.25, 0.3) is 11.4 Å². The summed E-state index contributed by atoms with van der Waals surface area (Å²) < 4.78 is 18.1. The zero-order valence-corrected chi connectivity index (χ0v) is 10.7. The number of hydrogen-bond donors (Lipinski definition) is 1. The summed E-state index contributed by atoms with van der Waals surface area (Å²) in [6.07, 6.45) is 0. The Kier molecular flexibility index (Phi) is 3.60. The lowest BCUT2D eigenvalue weighted by Gasteiger charge is -2.02. The molecule has 0 aliphatic rings. The van der Waals surface area contributed by atoms with E-state index in [1.54, 1.807) is 6.07 Å². The van der Waals surface area contributed by atoms with Crippen LogP contribution in [0, 0.1) is 18.7 Å². The summed E-state index contributed by atoms with van der Waals surface area (Å²) in [5.74, 6) is 0.699. The number of rotatable bonds is 4. The first kappa shape index (κ1) is 12.5. The first-order valence-corrected chi connectivity index (χ1v) is 5.90. The largest absolute Gasteiger partial charge is 0.337 e. The second-order valence-corrected chi connectivity index (χ2v) is 4.66. The Hall–Kier alpha value is -1.91. The third-order valence-corrected chi connectivity index (χ3v) is 2.52. The van der Waals surface area contributed by atoms with Gasteiger partial charge in [-0.3, -0.25) is 0 Å². The van der Waals surface area contributed by atoms with Crippen LogP contribution in [0.4, 0.5) is 10.4 Å².